The standard InChI is InChI=1S/C42H80N2O2/c1-5-7-9-11-13-15-17-19-20-22-23-25-27-29-31-36-41(45)43-38-34-33-35-40(39(3)4)44-42(46)37-32-30-28-26-24-21-18-16-14-12-10-8-6-2/h13,15,19-20,39-40H,5-12,14,16-18,21-38H2,1-4H3,(H,43,45)(H,44,46)/b15-13-,20-19-/t40-/m0/s1. The Morgan fingerprint density at radius 2 is 0.935 bits per heavy atom. The summed E-state index contributed by atoms with van der Waals surface area (Å²) in [4.78, 5) is 24.8. The Morgan fingerprint density at radius 3 is 1.46 bits per heavy atom. The molecule has 270 valence electrons. The molecule has 4 nitrogen and oxygen atoms in total. The molecule has 0 rings (SSSR count). The number of amides is 2. The molecule has 0 aliphatic rings. The predicted molar refractivity (Wildman–Crippen MR) is 203 cm³/mol. The van der Waals surface area contributed by atoms with E-state index in [0.29, 0.717) is 18.8 Å². The number of hydrogen-bond acceptors (Lipinski definition) is 2. The first-order valence-corrected chi connectivity index (χ1v) is 20.4. The monoisotopic (exact) mass is 645 g/mol. The van der Waals surface area contributed by atoms with Crippen molar-refractivity contribution < 1.29 is 9.59 Å². The van der Waals surface area contributed by atoms with Crippen molar-refractivity contribution in [2.24, 2.45) is 5.92 Å². The first-order valence-electron chi connectivity index (χ1n) is 20.4. The second-order valence-electron chi connectivity index (χ2n) is 14.2. The van der Waals surface area contributed by atoms with Crippen LogP contribution in [0.15, 0.2) is 24.3 Å². The Bertz CT molecular complexity index is 714. The van der Waals surface area contributed by atoms with Gasteiger partial charge in [-0.05, 0) is 70.1 Å². The lowest BCUT2D eigenvalue weighted by molar-refractivity contribution is -0.122. The Kier molecular flexibility index (Phi) is 35.0. The van der Waals surface area contributed by atoms with E-state index in [4.69, 9.17) is 0 Å². The van der Waals surface area contributed by atoms with Gasteiger partial charge in [-0.15, -0.1) is 0 Å². The van der Waals surface area contributed by atoms with Crippen LogP contribution in [-0.2, 0) is 9.59 Å². The van der Waals surface area contributed by atoms with E-state index in [-0.39, 0.29) is 17.9 Å². The summed E-state index contributed by atoms with van der Waals surface area (Å²) in [5.74, 6) is 0.841. The molecule has 4 heteroatoms. The molecular formula is C42H80N2O2. The zero-order valence-electron chi connectivity index (χ0n) is 31.5. The largest absolute Gasteiger partial charge is 0.356 e. The number of carbonyl (C=O) groups is 2. The molecule has 0 aromatic carbocycles. The number of rotatable bonds is 35. The molecule has 2 N–H and O–H groups in total. The van der Waals surface area contributed by atoms with Gasteiger partial charge in [-0.3, -0.25) is 9.59 Å². The maximum Gasteiger partial charge on any atom is 0.220 e. The SMILES string of the molecule is CCCCC/C=C\C/C=C\CCCCCCCC(=O)NCCCC[C@H](NC(=O)CCCCCCCCCCCCCCC)C(C)C. The van der Waals surface area contributed by atoms with Crippen LogP contribution in [0.25, 0.3) is 0 Å². The smallest absolute Gasteiger partial charge is 0.220 e. The van der Waals surface area contributed by atoms with Gasteiger partial charge in [0.2, 0.25) is 11.8 Å². The van der Waals surface area contributed by atoms with Crippen molar-refractivity contribution in [3.05, 3.63) is 24.3 Å². The van der Waals surface area contributed by atoms with Gasteiger partial charge in [-0.1, -0.05) is 161 Å². The minimum absolute atomic E-state index is 0.192. The van der Waals surface area contributed by atoms with E-state index in [1.165, 1.54) is 128 Å². The van der Waals surface area contributed by atoms with E-state index in [1.807, 2.05) is 0 Å². The lowest BCUT2D eigenvalue weighted by Gasteiger charge is -2.22. The summed E-state index contributed by atoms with van der Waals surface area (Å²) in [5.41, 5.74) is 0. The highest BCUT2D eigenvalue weighted by molar-refractivity contribution is 5.76. The second kappa shape index (κ2) is 36.3. The van der Waals surface area contributed by atoms with Crippen molar-refractivity contribution in [2.45, 2.75) is 220 Å². The summed E-state index contributed by atoms with van der Waals surface area (Å²) in [6, 6.07) is 0.234. The van der Waals surface area contributed by atoms with Gasteiger partial charge in [0.1, 0.15) is 0 Å². The molecule has 0 fully saturated rings. The van der Waals surface area contributed by atoms with Crippen LogP contribution < -0.4 is 10.6 Å². The van der Waals surface area contributed by atoms with Gasteiger partial charge in [0.05, 0.1) is 0 Å². The average Bonchev–Trinajstić information content (AvgIpc) is 3.04. The maximum atomic E-state index is 12.5. The topological polar surface area (TPSA) is 58.2 Å². The van der Waals surface area contributed by atoms with Crippen LogP contribution in [-0.4, -0.2) is 24.4 Å². The van der Waals surface area contributed by atoms with Gasteiger partial charge in [0.25, 0.3) is 0 Å². The molecule has 0 heterocycles. The lowest BCUT2D eigenvalue weighted by Crippen LogP contribution is -2.38. The summed E-state index contributed by atoms with van der Waals surface area (Å²) in [5, 5.41) is 6.40. The third-order valence-corrected chi connectivity index (χ3v) is 9.28. The summed E-state index contributed by atoms with van der Waals surface area (Å²) in [6.45, 7) is 9.67. The molecule has 0 aliphatic heterocycles. The van der Waals surface area contributed by atoms with Gasteiger partial charge < -0.3 is 10.6 Å². The van der Waals surface area contributed by atoms with Crippen molar-refractivity contribution in [3.8, 4) is 0 Å². The van der Waals surface area contributed by atoms with Crippen molar-refractivity contribution in [1.82, 2.24) is 10.6 Å². The van der Waals surface area contributed by atoms with Crippen molar-refractivity contribution in [3.63, 3.8) is 0 Å². The van der Waals surface area contributed by atoms with Crippen LogP contribution in [0.1, 0.15) is 214 Å². The fourth-order valence-electron chi connectivity index (χ4n) is 6.06. The molecule has 0 aromatic rings. The molecule has 0 aliphatic carbocycles. The van der Waals surface area contributed by atoms with Gasteiger partial charge >= 0.3 is 0 Å². The Morgan fingerprint density at radius 1 is 0.500 bits per heavy atom. The first-order chi connectivity index (χ1) is 22.5. The number of carbonyl (C=O) groups excluding carboxylic acids is 2. The van der Waals surface area contributed by atoms with Gasteiger partial charge in [-0.25, -0.2) is 0 Å². The second-order valence-corrected chi connectivity index (χ2v) is 14.2. The van der Waals surface area contributed by atoms with Crippen molar-refractivity contribution in [2.75, 3.05) is 6.54 Å². The minimum Gasteiger partial charge on any atom is -0.356 e. The van der Waals surface area contributed by atoms with Gasteiger partial charge in [0.15, 0.2) is 0 Å². The average molecular weight is 645 g/mol. The molecule has 0 spiro atoms. The zero-order chi connectivity index (χ0) is 33.8. The lowest BCUT2D eigenvalue weighted by atomic mass is 9.98. The number of hydrogen-bond donors (Lipinski definition) is 2. The Balaban J connectivity index is 3.64. The molecule has 0 unspecified atom stereocenters. The predicted octanol–water partition coefficient (Wildman–Crippen LogP) is 12.7. The fraction of sp³-hybridized carbons (Fsp3) is 0.857. The summed E-state index contributed by atoms with van der Waals surface area (Å²) < 4.78 is 0. The Hall–Kier alpha value is -1.58. The summed E-state index contributed by atoms with van der Waals surface area (Å²) in [6.07, 6.45) is 44.1. The molecule has 0 bridgehead atoms. The highest BCUT2D eigenvalue weighted by atomic mass is 16.2. The minimum atomic E-state index is 0.192. The number of nitrogens with one attached hydrogen (secondary N) is 2. The van der Waals surface area contributed by atoms with Crippen LogP contribution >= 0.6 is 0 Å². The fourth-order valence-corrected chi connectivity index (χ4v) is 6.06. The third kappa shape index (κ3) is 33.8. The molecule has 1 atom stereocenters. The molecule has 46 heavy (non-hydrogen) atoms. The molecule has 0 saturated carbocycles. The van der Waals surface area contributed by atoms with E-state index in [9.17, 15) is 9.59 Å². The molecule has 0 saturated heterocycles. The molecular weight excluding hydrogens is 564 g/mol. The third-order valence-electron chi connectivity index (χ3n) is 9.28. The summed E-state index contributed by atoms with van der Waals surface area (Å²) >= 11 is 0. The van der Waals surface area contributed by atoms with E-state index >= 15 is 0 Å². The van der Waals surface area contributed by atoms with Crippen LogP contribution in [0.5, 0.6) is 0 Å². The van der Waals surface area contributed by atoms with Crippen LogP contribution in [0.3, 0.4) is 0 Å². The van der Waals surface area contributed by atoms with E-state index in [0.717, 1.165) is 51.5 Å². The van der Waals surface area contributed by atoms with Gasteiger partial charge in [-0.2, -0.15) is 0 Å². The van der Waals surface area contributed by atoms with Crippen LogP contribution in [0.2, 0.25) is 0 Å². The van der Waals surface area contributed by atoms with E-state index < -0.39 is 0 Å². The first kappa shape index (κ1) is 44.4. The quantitative estimate of drug-likeness (QED) is 0.0533. The van der Waals surface area contributed by atoms with Crippen LogP contribution in [0, 0.1) is 5.92 Å². The highest BCUT2D eigenvalue weighted by Crippen LogP contribution is 2.14. The number of allylic oxidation sites excluding steroid dienone is 4. The van der Waals surface area contributed by atoms with Crippen molar-refractivity contribution >= 4 is 11.8 Å². The van der Waals surface area contributed by atoms with Crippen molar-refractivity contribution in [1.29, 1.82) is 0 Å². The molecule has 0 aromatic heterocycles. The normalized spacial score (nSPS) is 12.5. The van der Waals surface area contributed by atoms with Crippen LogP contribution in [0.4, 0.5) is 0 Å². The molecule has 0 radical (unpaired) electrons. The highest BCUT2D eigenvalue weighted by Gasteiger charge is 2.15. The Labute approximate surface area is 288 Å². The summed E-state index contributed by atoms with van der Waals surface area (Å²) in [7, 11) is 0. The van der Waals surface area contributed by atoms with Gasteiger partial charge in [0, 0.05) is 25.4 Å². The molecule has 2 amide bonds. The maximum absolute atomic E-state index is 12.5. The van der Waals surface area contributed by atoms with E-state index in [2.05, 4.69) is 62.6 Å². The zero-order valence-corrected chi connectivity index (χ0v) is 31.5. The van der Waals surface area contributed by atoms with E-state index in [1.54, 1.807) is 0 Å². The number of unbranched alkanes of at least 4 members (excludes halogenated alkanes) is 21.